The fourth-order valence-electron chi connectivity index (χ4n) is 1.44. The molecule has 2 heterocycles. The molecule has 0 aliphatic rings. The first-order valence-corrected chi connectivity index (χ1v) is 8.82. The van der Waals surface area contributed by atoms with Crippen LogP contribution >= 0.6 is 54.5 Å². The molecule has 2 aromatic rings. The Morgan fingerprint density at radius 3 is 2.80 bits per heavy atom. The van der Waals surface area contributed by atoms with Crippen LogP contribution in [0, 0.1) is 11.8 Å². The molecule has 0 atom stereocenters. The lowest BCUT2D eigenvalue weighted by Gasteiger charge is -2.01. The highest BCUT2D eigenvalue weighted by atomic mass is 79.9. The molecule has 0 saturated carbocycles. The van der Waals surface area contributed by atoms with Crippen molar-refractivity contribution in [2.45, 2.75) is 6.54 Å². The van der Waals surface area contributed by atoms with Crippen molar-refractivity contribution in [2.24, 2.45) is 5.73 Å². The van der Waals surface area contributed by atoms with E-state index in [4.69, 9.17) is 5.73 Å². The number of amides is 1. The minimum absolute atomic E-state index is 0.0955. The van der Waals surface area contributed by atoms with Crippen LogP contribution < -0.4 is 11.1 Å². The molecule has 0 radical (unpaired) electrons. The van der Waals surface area contributed by atoms with Crippen molar-refractivity contribution in [3.05, 3.63) is 41.1 Å². The molecular weight excluding hydrogens is 424 g/mol. The molecule has 0 aliphatic heterocycles. The average Bonchev–Trinajstić information content (AvgIpc) is 3.00. The third-order valence-electron chi connectivity index (χ3n) is 2.30. The maximum Gasteiger partial charge on any atom is 0.253 e. The van der Waals surface area contributed by atoms with E-state index in [2.05, 4.69) is 49.0 Å². The van der Waals surface area contributed by atoms with Crippen molar-refractivity contribution >= 4 is 60.4 Å². The lowest BCUT2D eigenvalue weighted by molar-refractivity contribution is 0.0951. The molecule has 0 unspecified atom stereocenters. The van der Waals surface area contributed by atoms with E-state index in [9.17, 15) is 4.79 Å². The summed E-state index contributed by atoms with van der Waals surface area (Å²) in [5.74, 6) is 5.69. The Bertz CT molecular complexity index is 682. The standard InChI is InChI=1S/C13H10Br2N2OS2/c14-11-6-10(12(15)20-11)13(18)17-7-9-4-3-8(19-9)2-1-5-16/h3-4,6H,5,7,16H2,(H,17,18). The molecule has 7 heteroatoms. The molecule has 20 heavy (non-hydrogen) atoms. The minimum atomic E-state index is -0.0955. The normalized spacial score (nSPS) is 9.95. The summed E-state index contributed by atoms with van der Waals surface area (Å²) >= 11 is 9.77. The molecule has 2 rings (SSSR count). The van der Waals surface area contributed by atoms with Crippen LogP contribution in [-0.4, -0.2) is 12.5 Å². The van der Waals surface area contributed by atoms with Crippen LogP contribution in [0.2, 0.25) is 0 Å². The molecular formula is C13H10Br2N2OS2. The highest BCUT2D eigenvalue weighted by Gasteiger charge is 2.13. The summed E-state index contributed by atoms with van der Waals surface area (Å²) < 4.78 is 1.74. The predicted molar refractivity (Wildman–Crippen MR) is 91.1 cm³/mol. The molecule has 3 nitrogen and oxygen atoms in total. The van der Waals surface area contributed by atoms with Crippen LogP contribution in [0.3, 0.4) is 0 Å². The zero-order valence-electron chi connectivity index (χ0n) is 10.2. The van der Waals surface area contributed by atoms with E-state index >= 15 is 0 Å². The average molecular weight is 434 g/mol. The smallest absolute Gasteiger partial charge is 0.253 e. The van der Waals surface area contributed by atoms with Gasteiger partial charge in [0, 0.05) is 4.88 Å². The molecule has 0 aromatic carbocycles. The number of nitrogens with two attached hydrogens (primary N) is 1. The van der Waals surface area contributed by atoms with Gasteiger partial charge in [-0.3, -0.25) is 4.79 Å². The van der Waals surface area contributed by atoms with E-state index in [-0.39, 0.29) is 5.91 Å². The maximum atomic E-state index is 12.0. The van der Waals surface area contributed by atoms with Crippen LogP contribution in [0.5, 0.6) is 0 Å². The maximum absolute atomic E-state index is 12.0. The molecule has 3 N–H and O–H groups in total. The highest BCUT2D eigenvalue weighted by molar-refractivity contribution is 9.12. The Balaban J connectivity index is 1.96. The number of halogens is 2. The minimum Gasteiger partial charge on any atom is -0.347 e. The number of carbonyl (C=O) groups is 1. The number of rotatable bonds is 3. The quantitative estimate of drug-likeness (QED) is 0.727. The van der Waals surface area contributed by atoms with Gasteiger partial charge in [0.15, 0.2) is 0 Å². The van der Waals surface area contributed by atoms with E-state index in [1.807, 2.05) is 12.1 Å². The van der Waals surface area contributed by atoms with Crippen LogP contribution in [0.25, 0.3) is 0 Å². The number of nitrogens with one attached hydrogen (secondary N) is 1. The molecule has 104 valence electrons. The number of hydrogen-bond acceptors (Lipinski definition) is 4. The molecule has 0 fully saturated rings. The topological polar surface area (TPSA) is 55.1 Å². The van der Waals surface area contributed by atoms with Crippen LogP contribution in [0.15, 0.2) is 25.8 Å². The van der Waals surface area contributed by atoms with Gasteiger partial charge in [-0.05, 0) is 50.1 Å². The summed E-state index contributed by atoms with van der Waals surface area (Å²) in [5, 5.41) is 2.89. The van der Waals surface area contributed by atoms with Crippen molar-refractivity contribution in [3.8, 4) is 11.8 Å². The van der Waals surface area contributed by atoms with Crippen molar-refractivity contribution in [1.82, 2.24) is 5.32 Å². The van der Waals surface area contributed by atoms with Gasteiger partial charge in [0.25, 0.3) is 5.91 Å². The van der Waals surface area contributed by atoms with Gasteiger partial charge in [-0.15, -0.1) is 22.7 Å². The lowest BCUT2D eigenvalue weighted by Crippen LogP contribution is -2.22. The van der Waals surface area contributed by atoms with E-state index < -0.39 is 0 Å². The zero-order chi connectivity index (χ0) is 14.5. The van der Waals surface area contributed by atoms with Crippen LogP contribution in [0.1, 0.15) is 20.1 Å². The van der Waals surface area contributed by atoms with Gasteiger partial charge < -0.3 is 11.1 Å². The lowest BCUT2D eigenvalue weighted by atomic mass is 10.3. The van der Waals surface area contributed by atoms with Crippen molar-refractivity contribution in [2.75, 3.05) is 6.54 Å². The molecule has 0 bridgehead atoms. The fraction of sp³-hybridized carbons (Fsp3) is 0.154. The van der Waals surface area contributed by atoms with Crippen LogP contribution in [0.4, 0.5) is 0 Å². The van der Waals surface area contributed by atoms with Gasteiger partial charge in [0.2, 0.25) is 0 Å². The Kier molecular flexibility index (Phi) is 5.81. The van der Waals surface area contributed by atoms with Gasteiger partial charge >= 0.3 is 0 Å². The monoisotopic (exact) mass is 432 g/mol. The molecule has 0 saturated heterocycles. The second-order valence-corrected chi connectivity index (χ2v) is 8.61. The summed E-state index contributed by atoms with van der Waals surface area (Å²) in [6.45, 7) is 0.846. The third-order valence-corrected chi connectivity index (χ3v) is 5.64. The van der Waals surface area contributed by atoms with Crippen molar-refractivity contribution in [3.63, 3.8) is 0 Å². The predicted octanol–water partition coefficient (Wildman–Crippen LogP) is 3.57. The summed E-state index contributed by atoms with van der Waals surface area (Å²) in [7, 11) is 0. The zero-order valence-corrected chi connectivity index (χ0v) is 15.0. The van der Waals surface area contributed by atoms with E-state index in [1.54, 1.807) is 17.4 Å². The second-order valence-electron chi connectivity index (χ2n) is 3.69. The largest absolute Gasteiger partial charge is 0.347 e. The Morgan fingerprint density at radius 1 is 1.35 bits per heavy atom. The Hall–Kier alpha value is -0.650. The molecule has 0 spiro atoms. The second kappa shape index (κ2) is 7.38. The highest BCUT2D eigenvalue weighted by Crippen LogP contribution is 2.31. The molecule has 0 aliphatic carbocycles. The molecule has 2 aromatic heterocycles. The number of thiophene rings is 2. The first-order chi connectivity index (χ1) is 9.60. The van der Waals surface area contributed by atoms with Gasteiger partial charge in [0.05, 0.1) is 31.1 Å². The fourth-order valence-corrected chi connectivity index (χ4v) is 5.05. The van der Waals surface area contributed by atoms with Gasteiger partial charge in [-0.25, -0.2) is 0 Å². The van der Waals surface area contributed by atoms with Crippen molar-refractivity contribution < 1.29 is 4.79 Å². The van der Waals surface area contributed by atoms with Gasteiger partial charge in [-0.2, -0.15) is 0 Å². The molecule has 1 amide bonds. The Morgan fingerprint density at radius 2 is 2.15 bits per heavy atom. The number of carbonyl (C=O) groups excluding carboxylic acids is 1. The first kappa shape index (κ1) is 15.7. The third kappa shape index (κ3) is 4.17. The van der Waals surface area contributed by atoms with E-state index in [0.29, 0.717) is 18.7 Å². The summed E-state index contributed by atoms with van der Waals surface area (Å²) in [6, 6.07) is 5.70. The summed E-state index contributed by atoms with van der Waals surface area (Å²) in [6.07, 6.45) is 0. The SMILES string of the molecule is NCC#Cc1ccc(CNC(=O)c2cc(Br)sc2Br)s1. The Labute approximate surface area is 141 Å². The summed E-state index contributed by atoms with van der Waals surface area (Å²) in [4.78, 5) is 14.1. The van der Waals surface area contributed by atoms with Gasteiger partial charge in [0.1, 0.15) is 0 Å². The van der Waals surface area contributed by atoms with Crippen LogP contribution in [-0.2, 0) is 6.54 Å². The first-order valence-electron chi connectivity index (χ1n) is 5.61. The summed E-state index contributed by atoms with van der Waals surface area (Å²) in [5.41, 5.74) is 5.97. The van der Waals surface area contributed by atoms with Gasteiger partial charge in [-0.1, -0.05) is 11.8 Å². The van der Waals surface area contributed by atoms with Crippen molar-refractivity contribution in [1.29, 1.82) is 0 Å². The number of hydrogen-bond donors (Lipinski definition) is 2. The van der Waals surface area contributed by atoms with E-state index in [1.165, 1.54) is 11.3 Å². The van der Waals surface area contributed by atoms with E-state index in [0.717, 1.165) is 17.3 Å².